The van der Waals surface area contributed by atoms with Crippen LogP contribution in [0, 0.1) is 5.82 Å². The lowest BCUT2D eigenvalue weighted by molar-refractivity contribution is 0.0953. The number of nitrogen functional groups attached to an aromatic ring is 1. The van der Waals surface area contributed by atoms with Gasteiger partial charge in [-0.05, 0) is 18.2 Å². The molecular formula is C7H9BClFN2O3. The van der Waals surface area contributed by atoms with Crippen molar-refractivity contribution in [3.8, 4) is 0 Å². The summed E-state index contributed by atoms with van der Waals surface area (Å²) in [5, 5.41) is 17.5. The topological polar surface area (TPSA) is 95.6 Å². The van der Waals surface area contributed by atoms with Crippen molar-refractivity contribution in [2.75, 3.05) is 0 Å². The van der Waals surface area contributed by atoms with Crippen LogP contribution in [0.3, 0.4) is 0 Å². The summed E-state index contributed by atoms with van der Waals surface area (Å²) >= 11 is 0. The standard InChI is InChI=1S/C7H8BFN2O3.ClH/c9-6-2-1-4(7(12)11-10)3-5(6)8(13)14;/h1-3,13-14H,10H2,(H,11,12);1H. The second kappa shape index (κ2) is 5.67. The molecule has 0 saturated heterocycles. The monoisotopic (exact) mass is 234 g/mol. The maximum atomic E-state index is 12.9. The SMILES string of the molecule is Cl.NNC(=O)c1ccc(F)c(B(O)O)c1. The first kappa shape index (κ1) is 13.9. The Labute approximate surface area is 91.6 Å². The van der Waals surface area contributed by atoms with Crippen molar-refractivity contribution < 1.29 is 19.2 Å². The minimum absolute atomic E-state index is 0. The summed E-state index contributed by atoms with van der Waals surface area (Å²) < 4.78 is 12.9. The molecule has 0 fully saturated rings. The molecule has 5 nitrogen and oxygen atoms in total. The first-order valence-electron chi connectivity index (χ1n) is 3.72. The summed E-state index contributed by atoms with van der Waals surface area (Å²) in [6.45, 7) is 0. The smallest absolute Gasteiger partial charge is 0.423 e. The van der Waals surface area contributed by atoms with Crippen molar-refractivity contribution in [2.45, 2.75) is 0 Å². The van der Waals surface area contributed by atoms with Crippen molar-refractivity contribution in [1.29, 1.82) is 0 Å². The average Bonchev–Trinajstić information content (AvgIpc) is 2.17. The summed E-state index contributed by atoms with van der Waals surface area (Å²) in [5.74, 6) is 3.42. The van der Waals surface area contributed by atoms with Gasteiger partial charge in [-0.3, -0.25) is 10.2 Å². The van der Waals surface area contributed by atoms with Gasteiger partial charge in [0.05, 0.1) is 0 Å². The number of hydrogen-bond donors (Lipinski definition) is 4. The van der Waals surface area contributed by atoms with Gasteiger partial charge in [-0.25, -0.2) is 10.2 Å². The normalized spacial score (nSPS) is 9.07. The van der Waals surface area contributed by atoms with Crippen molar-refractivity contribution in [2.24, 2.45) is 5.84 Å². The van der Waals surface area contributed by atoms with Crippen LogP contribution in [0.15, 0.2) is 18.2 Å². The minimum atomic E-state index is -1.96. The van der Waals surface area contributed by atoms with Gasteiger partial charge in [0.2, 0.25) is 0 Å². The number of hydrogen-bond acceptors (Lipinski definition) is 4. The lowest BCUT2D eigenvalue weighted by Gasteiger charge is -2.04. The van der Waals surface area contributed by atoms with Crippen molar-refractivity contribution >= 4 is 30.9 Å². The molecule has 0 bridgehead atoms. The summed E-state index contributed by atoms with van der Waals surface area (Å²) in [5.41, 5.74) is 1.53. The fourth-order valence-electron chi connectivity index (χ4n) is 0.966. The third-order valence-electron chi connectivity index (χ3n) is 1.67. The lowest BCUT2D eigenvalue weighted by atomic mass is 9.79. The molecule has 1 rings (SSSR count). The van der Waals surface area contributed by atoms with E-state index in [0.29, 0.717) is 0 Å². The van der Waals surface area contributed by atoms with Gasteiger partial charge in [0.15, 0.2) is 0 Å². The molecule has 0 unspecified atom stereocenters. The van der Waals surface area contributed by atoms with Crippen LogP contribution in [0.25, 0.3) is 0 Å². The van der Waals surface area contributed by atoms with E-state index < -0.39 is 18.8 Å². The van der Waals surface area contributed by atoms with Crippen molar-refractivity contribution in [3.05, 3.63) is 29.6 Å². The Balaban J connectivity index is 0.00000196. The number of nitrogens with one attached hydrogen (secondary N) is 1. The van der Waals surface area contributed by atoms with Crippen LogP contribution in [-0.4, -0.2) is 23.1 Å². The highest BCUT2D eigenvalue weighted by Gasteiger charge is 2.18. The molecule has 0 radical (unpaired) electrons. The molecule has 0 aliphatic rings. The quantitative estimate of drug-likeness (QED) is 0.217. The van der Waals surface area contributed by atoms with Crippen LogP contribution in [-0.2, 0) is 0 Å². The van der Waals surface area contributed by atoms with E-state index in [1.54, 1.807) is 0 Å². The maximum Gasteiger partial charge on any atom is 0.491 e. The second-order valence-corrected chi connectivity index (χ2v) is 2.58. The molecule has 82 valence electrons. The molecule has 0 aliphatic carbocycles. The number of benzene rings is 1. The molecular weight excluding hydrogens is 225 g/mol. The number of hydrazine groups is 1. The predicted octanol–water partition coefficient (Wildman–Crippen LogP) is -1.47. The molecule has 0 atom stereocenters. The van der Waals surface area contributed by atoms with Crippen LogP contribution >= 0.6 is 12.4 Å². The summed E-state index contributed by atoms with van der Waals surface area (Å²) in [7, 11) is -1.96. The van der Waals surface area contributed by atoms with E-state index in [1.807, 2.05) is 5.43 Å². The Kier molecular flexibility index (Phi) is 5.23. The van der Waals surface area contributed by atoms with E-state index in [9.17, 15) is 9.18 Å². The average molecular weight is 234 g/mol. The van der Waals surface area contributed by atoms with E-state index in [4.69, 9.17) is 15.9 Å². The van der Waals surface area contributed by atoms with Gasteiger partial charge < -0.3 is 10.0 Å². The third-order valence-corrected chi connectivity index (χ3v) is 1.67. The van der Waals surface area contributed by atoms with Gasteiger partial charge in [0, 0.05) is 11.0 Å². The molecule has 0 saturated carbocycles. The van der Waals surface area contributed by atoms with Gasteiger partial charge in [-0.15, -0.1) is 12.4 Å². The van der Waals surface area contributed by atoms with E-state index in [-0.39, 0.29) is 23.4 Å². The number of carbonyl (C=O) groups excluding carboxylic acids is 1. The molecule has 0 heterocycles. The Bertz CT molecular complexity index is 364. The molecule has 1 aromatic carbocycles. The Morgan fingerprint density at radius 3 is 2.53 bits per heavy atom. The molecule has 15 heavy (non-hydrogen) atoms. The molecule has 0 spiro atoms. The largest absolute Gasteiger partial charge is 0.491 e. The number of amides is 1. The van der Waals surface area contributed by atoms with Crippen molar-refractivity contribution in [1.82, 2.24) is 5.43 Å². The van der Waals surface area contributed by atoms with E-state index in [1.165, 1.54) is 6.07 Å². The van der Waals surface area contributed by atoms with Crippen LogP contribution in [0.2, 0.25) is 0 Å². The van der Waals surface area contributed by atoms with Gasteiger partial charge in [-0.2, -0.15) is 0 Å². The maximum absolute atomic E-state index is 12.9. The van der Waals surface area contributed by atoms with E-state index in [0.717, 1.165) is 12.1 Å². The van der Waals surface area contributed by atoms with Gasteiger partial charge in [-0.1, -0.05) is 0 Å². The van der Waals surface area contributed by atoms with Crippen LogP contribution in [0.4, 0.5) is 4.39 Å². The van der Waals surface area contributed by atoms with E-state index in [2.05, 4.69) is 0 Å². The highest BCUT2D eigenvalue weighted by molar-refractivity contribution is 6.58. The van der Waals surface area contributed by atoms with Crippen LogP contribution in [0.5, 0.6) is 0 Å². The summed E-state index contributed by atoms with van der Waals surface area (Å²) in [6.07, 6.45) is 0. The molecule has 1 amide bonds. The fourth-order valence-corrected chi connectivity index (χ4v) is 0.966. The first-order valence-corrected chi connectivity index (χ1v) is 3.72. The number of carbonyl (C=O) groups is 1. The lowest BCUT2D eigenvalue weighted by Crippen LogP contribution is -2.35. The number of halogens is 2. The zero-order chi connectivity index (χ0) is 10.7. The van der Waals surface area contributed by atoms with Crippen LogP contribution in [0.1, 0.15) is 10.4 Å². The number of nitrogens with two attached hydrogens (primary N) is 1. The van der Waals surface area contributed by atoms with Gasteiger partial charge in [0.1, 0.15) is 5.82 Å². The molecule has 5 N–H and O–H groups in total. The van der Waals surface area contributed by atoms with Gasteiger partial charge in [0.25, 0.3) is 5.91 Å². The van der Waals surface area contributed by atoms with Crippen molar-refractivity contribution in [3.63, 3.8) is 0 Å². The zero-order valence-electron chi connectivity index (χ0n) is 7.48. The zero-order valence-corrected chi connectivity index (χ0v) is 8.29. The Morgan fingerprint density at radius 2 is 2.07 bits per heavy atom. The summed E-state index contributed by atoms with van der Waals surface area (Å²) in [4.78, 5) is 11.0. The highest BCUT2D eigenvalue weighted by atomic mass is 35.5. The molecule has 8 heteroatoms. The molecule has 1 aromatic rings. The third kappa shape index (κ3) is 3.17. The Hall–Kier alpha value is -1.15. The van der Waals surface area contributed by atoms with Gasteiger partial charge >= 0.3 is 7.12 Å². The summed E-state index contributed by atoms with van der Waals surface area (Å²) in [6, 6.07) is 3.16. The van der Waals surface area contributed by atoms with Crippen LogP contribution < -0.4 is 16.7 Å². The number of rotatable bonds is 2. The predicted molar refractivity (Wildman–Crippen MR) is 55.1 cm³/mol. The molecule has 0 aliphatic heterocycles. The second-order valence-electron chi connectivity index (χ2n) is 2.58. The fraction of sp³-hybridized carbons (Fsp3) is 0. The Morgan fingerprint density at radius 1 is 1.47 bits per heavy atom. The van der Waals surface area contributed by atoms with E-state index >= 15 is 0 Å². The molecule has 0 aromatic heterocycles. The first-order chi connectivity index (χ1) is 6.56. The minimum Gasteiger partial charge on any atom is -0.423 e. The highest BCUT2D eigenvalue weighted by Crippen LogP contribution is 2.01.